The Bertz CT molecular complexity index is 102. The predicted molar refractivity (Wildman–Crippen MR) is 38.7 cm³/mol. The van der Waals surface area contributed by atoms with Crippen LogP contribution in [-0.2, 0) is 4.79 Å². The number of hydrogen-bond acceptors (Lipinski definition) is 1. The second-order valence-corrected chi connectivity index (χ2v) is 4.13. The van der Waals surface area contributed by atoms with E-state index in [0.29, 0.717) is 6.42 Å². The van der Waals surface area contributed by atoms with Crippen molar-refractivity contribution in [2.75, 3.05) is 0 Å². The average molecular weight is 220 g/mol. The first-order valence-electron chi connectivity index (χ1n) is 2.08. The Labute approximate surface area is 66.5 Å². The molecule has 0 aliphatic rings. The number of carbonyl (C=O) groups excluding carboxylic acids is 1. The van der Waals surface area contributed by atoms with Gasteiger partial charge in [-0.1, -0.05) is 34.5 Å². The molecular formula is C4H5BrCl2O. The van der Waals surface area contributed by atoms with Crippen LogP contribution in [0.3, 0.4) is 0 Å². The van der Waals surface area contributed by atoms with Crippen LogP contribution in [0.4, 0.5) is 0 Å². The van der Waals surface area contributed by atoms with Crippen molar-refractivity contribution in [3.8, 4) is 0 Å². The third-order valence-electron chi connectivity index (χ3n) is 0.732. The Morgan fingerprint density at radius 1 is 1.88 bits per heavy atom. The highest BCUT2D eigenvalue weighted by Crippen LogP contribution is 2.29. The Kier molecular flexibility index (Phi) is 3.32. The average Bonchev–Trinajstić information content (AvgIpc) is 1.67. The van der Waals surface area contributed by atoms with Gasteiger partial charge in [-0.2, -0.15) is 0 Å². The fraction of sp³-hybridized carbons (Fsp3) is 0.750. The molecule has 8 heavy (non-hydrogen) atoms. The van der Waals surface area contributed by atoms with Gasteiger partial charge < -0.3 is 0 Å². The molecule has 0 spiro atoms. The Morgan fingerprint density at radius 2 is 2.25 bits per heavy atom. The van der Waals surface area contributed by atoms with E-state index in [0.717, 1.165) is 0 Å². The lowest BCUT2D eigenvalue weighted by Gasteiger charge is -2.09. The minimum Gasteiger partial charge on any atom is -0.278 e. The number of hydrogen-bond donors (Lipinski definition) is 0. The molecule has 0 N–H and O–H groups in total. The first-order valence-corrected chi connectivity index (χ1v) is 3.63. The maximum atomic E-state index is 10.3. The van der Waals surface area contributed by atoms with Crippen molar-refractivity contribution < 1.29 is 4.79 Å². The molecule has 4 heteroatoms. The zero-order chi connectivity index (χ0) is 6.78. The molecule has 0 aliphatic carbocycles. The predicted octanol–water partition coefficient (Wildman–Crippen LogP) is 2.49. The first kappa shape index (κ1) is 8.73. The molecular weight excluding hydrogens is 215 g/mol. The van der Waals surface area contributed by atoms with E-state index in [9.17, 15) is 4.79 Å². The molecule has 0 heterocycles. The molecule has 0 aromatic rings. The zero-order valence-electron chi connectivity index (χ0n) is 4.25. The SMILES string of the molecule is CCC(Cl)(Br)C(=O)Cl. The summed E-state index contributed by atoms with van der Waals surface area (Å²) in [6.45, 7) is 1.77. The third-order valence-corrected chi connectivity index (χ3v) is 2.74. The normalized spacial score (nSPS) is 17.5. The van der Waals surface area contributed by atoms with E-state index in [1.54, 1.807) is 6.92 Å². The highest BCUT2D eigenvalue weighted by Gasteiger charge is 2.28. The van der Waals surface area contributed by atoms with Gasteiger partial charge in [-0.3, -0.25) is 4.79 Å². The monoisotopic (exact) mass is 218 g/mol. The van der Waals surface area contributed by atoms with Gasteiger partial charge in [0.1, 0.15) is 0 Å². The number of rotatable bonds is 2. The minimum absolute atomic E-state index is 0.483. The molecule has 0 aromatic carbocycles. The van der Waals surface area contributed by atoms with Gasteiger partial charge in [0.05, 0.1) is 0 Å². The molecule has 0 rings (SSSR count). The zero-order valence-corrected chi connectivity index (χ0v) is 7.35. The Morgan fingerprint density at radius 3 is 2.25 bits per heavy atom. The fourth-order valence-corrected chi connectivity index (χ4v) is 0.273. The maximum absolute atomic E-state index is 10.3. The van der Waals surface area contributed by atoms with Crippen LogP contribution < -0.4 is 0 Å². The summed E-state index contributed by atoms with van der Waals surface area (Å²) in [5.41, 5.74) is 0. The summed E-state index contributed by atoms with van der Waals surface area (Å²) in [6.07, 6.45) is 0.483. The van der Waals surface area contributed by atoms with Crippen LogP contribution in [0.1, 0.15) is 13.3 Å². The summed E-state index contributed by atoms with van der Waals surface area (Å²) in [5.74, 6) is 0. The smallest absolute Gasteiger partial charge is 0.253 e. The van der Waals surface area contributed by atoms with E-state index < -0.39 is 9.03 Å². The van der Waals surface area contributed by atoms with Crippen molar-refractivity contribution >= 4 is 44.4 Å². The van der Waals surface area contributed by atoms with E-state index >= 15 is 0 Å². The highest BCUT2D eigenvalue weighted by molar-refractivity contribution is 9.10. The van der Waals surface area contributed by atoms with Gasteiger partial charge in [-0.15, -0.1) is 0 Å². The Balaban J connectivity index is 3.91. The van der Waals surface area contributed by atoms with Crippen LogP contribution in [-0.4, -0.2) is 9.03 Å². The molecule has 0 aliphatic heterocycles. The van der Waals surface area contributed by atoms with E-state index in [1.165, 1.54) is 0 Å². The van der Waals surface area contributed by atoms with Gasteiger partial charge in [-0.25, -0.2) is 0 Å². The fourth-order valence-electron chi connectivity index (χ4n) is 0.139. The van der Waals surface area contributed by atoms with Gasteiger partial charge in [0.15, 0.2) is 3.78 Å². The minimum atomic E-state index is -1.05. The van der Waals surface area contributed by atoms with Gasteiger partial charge >= 0.3 is 0 Å². The lowest BCUT2D eigenvalue weighted by molar-refractivity contribution is -0.112. The summed E-state index contributed by atoms with van der Waals surface area (Å²) in [4.78, 5) is 10.3. The lowest BCUT2D eigenvalue weighted by atomic mass is 10.4. The summed E-state index contributed by atoms with van der Waals surface area (Å²) >= 11 is 13.5. The van der Waals surface area contributed by atoms with Crippen LogP contribution >= 0.6 is 39.1 Å². The molecule has 0 aromatic heterocycles. The number of carbonyl (C=O) groups is 1. The van der Waals surface area contributed by atoms with E-state index in [-0.39, 0.29) is 0 Å². The molecule has 0 bridgehead atoms. The summed E-state index contributed by atoms with van der Waals surface area (Å²) < 4.78 is -1.05. The second-order valence-electron chi connectivity index (χ2n) is 1.33. The molecule has 48 valence electrons. The topological polar surface area (TPSA) is 17.1 Å². The van der Waals surface area contributed by atoms with E-state index in [1.807, 2.05) is 0 Å². The molecule has 0 fully saturated rings. The molecule has 0 saturated heterocycles. The lowest BCUT2D eigenvalue weighted by Crippen LogP contribution is -2.18. The van der Waals surface area contributed by atoms with Crippen LogP contribution in [0.2, 0.25) is 0 Å². The van der Waals surface area contributed by atoms with Gasteiger partial charge in [0, 0.05) is 0 Å². The molecule has 0 amide bonds. The maximum Gasteiger partial charge on any atom is 0.253 e. The van der Waals surface area contributed by atoms with Crippen molar-refractivity contribution in [1.29, 1.82) is 0 Å². The molecule has 1 unspecified atom stereocenters. The van der Waals surface area contributed by atoms with Crippen molar-refractivity contribution in [3.63, 3.8) is 0 Å². The third kappa shape index (κ3) is 2.33. The quantitative estimate of drug-likeness (QED) is 0.516. The number of alkyl halides is 2. The van der Waals surface area contributed by atoms with Crippen LogP contribution in [0.15, 0.2) is 0 Å². The summed E-state index contributed by atoms with van der Waals surface area (Å²) in [7, 11) is 0. The van der Waals surface area contributed by atoms with Crippen LogP contribution in [0.5, 0.6) is 0 Å². The molecule has 0 radical (unpaired) electrons. The van der Waals surface area contributed by atoms with Crippen molar-refractivity contribution in [3.05, 3.63) is 0 Å². The number of halogens is 3. The largest absolute Gasteiger partial charge is 0.278 e. The second kappa shape index (κ2) is 3.04. The van der Waals surface area contributed by atoms with Crippen molar-refractivity contribution in [2.45, 2.75) is 17.1 Å². The standard InChI is InChI=1S/C4H5BrCl2O/c1-2-4(5,7)3(6)8/h2H2,1H3. The van der Waals surface area contributed by atoms with E-state index in [4.69, 9.17) is 23.2 Å². The first-order chi connectivity index (χ1) is 3.50. The summed E-state index contributed by atoms with van der Waals surface area (Å²) in [6, 6.07) is 0. The highest BCUT2D eigenvalue weighted by atomic mass is 79.9. The van der Waals surface area contributed by atoms with Gasteiger partial charge in [-0.05, 0) is 18.0 Å². The van der Waals surface area contributed by atoms with Crippen molar-refractivity contribution in [1.82, 2.24) is 0 Å². The van der Waals surface area contributed by atoms with Crippen LogP contribution in [0, 0.1) is 0 Å². The molecule has 0 saturated carbocycles. The van der Waals surface area contributed by atoms with Gasteiger partial charge in [0.25, 0.3) is 5.24 Å². The summed E-state index contributed by atoms with van der Waals surface area (Å²) in [5, 5.41) is -0.568. The Hall–Kier alpha value is 0.730. The van der Waals surface area contributed by atoms with Crippen molar-refractivity contribution in [2.24, 2.45) is 0 Å². The van der Waals surface area contributed by atoms with Crippen LogP contribution in [0.25, 0.3) is 0 Å². The van der Waals surface area contributed by atoms with E-state index in [2.05, 4.69) is 15.9 Å². The van der Waals surface area contributed by atoms with Gasteiger partial charge in [0.2, 0.25) is 0 Å². The molecule has 1 atom stereocenters. The molecule has 1 nitrogen and oxygen atoms in total.